The van der Waals surface area contributed by atoms with Crippen LogP contribution in [-0.4, -0.2) is 27.3 Å². The van der Waals surface area contributed by atoms with Gasteiger partial charge in [-0.05, 0) is 20.3 Å². The fourth-order valence-corrected chi connectivity index (χ4v) is 3.39. The molecule has 6 nitrogen and oxygen atoms in total. The second kappa shape index (κ2) is 7.59. The molecule has 0 aliphatic heterocycles. The van der Waals surface area contributed by atoms with E-state index < -0.39 is 0 Å². The van der Waals surface area contributed by atoms with Gasteiger partial charge in [0.2, 0.25) is 0 Å². The zero-order chi connectivity index (χ0) is 17.0. The van der Waals surface area contributed by atoms with Crippen LogP contribution < -0.4 is 10.6 Å². The minimum atomic E-state index is -0.150. The van der Waals surface area contributed by atoms with Gasteiger partial charge in [-0.25, -0.2) is 9.78 Å². The third-order valence-corrected chi connectivity index (χ3v) is 5.08. The van der Waals surface area contributed by atoms with Crippen LogP contribution in [0.5, 0.6) is 0 Å². The molecule has 0 aliphatic rings. The van der Waals surface area contributed by atoms with Crippen molar-refractivity contribution in [2.24, 2.45) is 7.05 Å². The number of nitrogens with zero attached hydrogens (tertiary/aromatic N) is 3. The molecule has 2 aromatic rings. The molecule has 0 saturated carbocycles. The van der Waals surface area contributed by atoms with Crippen molar-refractivity contribution in [3.63, 3.8) is 0 Å². The van der Waals surface area contributed by atoms with Crippen LogP contribution in [0.15, 0.2) is 11.6 Å². The molecule has 23 heavy (non-hydrogen) atoms. The van der Waals surface area contributed by atoms with Gasteiger partial charge in [0.1, 0.15) is 0 Å². The molecule has 0 bridgehead atoms. The molecule has 2 heterocycles. The zero-order valence-electron chi connectivity index (χ0n) is 14.4. The van der Waals surface area contributed by atoms with Crippen molar-refractivity contribution in [3.8, 4) is 0 Å². The first-order valence-corrected chi connectivity index (χ1v) is 8.75. The molecule has 126 valence electrons. The molecule has 0 fully saturated rings. The fourth-order valence-electron chi connectivity index (χ4n) is 2.69. The monoisotopic (exact) mass is 335 g/mol. The summed E-state index contributed by atoms with van der Waals surface area (Å²) in [6, 6.07) is -0.179. The van der Waals surface area contributed by atoms with Gasteiger partial charge in [0.25, 0.3) is 0 Å². The van der Waals surface area contributed by atoms with Gasteiger partial charge in [0.05, 0.1) is 16.7 Å². The lowest BCUT2D eigenvalue weighted by Gasteiger charge is -2.19. The maximum Gasteiger partial charge on any atom is 0.315 e. The predicted octanol–water partition coefficient (Wildman–Crippen LogP) is 3.05. The number of thiazole rings is 1. The van der Waals surface area contributed by atoms with E-state index in [9.17, 15) is 4.79 Å². The second-order valence-corrected chi connectivity index (χ2v) is 6.72. The normalized spacial score (nSPS) is 13.6. The Labute approximate surface area is 141 Å². The van der Waals surface area contributed by atoms with Gasteiger partial charge in [-0.15, -0.1) is 11.3 Å². The van der Waals surface area contributed by atoms with Crippen molar-refractivity contribution >= 4 is 17.4 Å². The van der Waals surface area contributed by atoms with E-state index in [1.807, 2.05) is 31.0 Å². The van der Waals surface area contributed by atoms with E-state index in [4.69, 9.17) is 0 Å². The van der Waals surface area contributed by atoms with E-state index in [1.165, 1.54) is 0 Å². The molecular formula is C16H25N5OS. The van der Waals surface area contributed by atoms with Gasteiger partial charge >= 0.3 is 6.03 Å². The lowest BCUT2D eigenvalue weighted by atomic mass is 10.0. The van der Waals surface area contributed by atoms with Crippen LogP contribution in [0.1, 0.15) is 54.2 Å². The van der Waals surface area contributed by atoms with Crippen LogP contribution in [0.3, 0.4) is 0 Å². The second-order valence-electron chi connectivity index (χ2n) is 5.79. The summed E-state index contributed by atoms with van der Waals surface area (Å²) >= 11 is 1.61. The average Bonchev–Trinajstić information content (AvgIpc) is 3.13. The number of rotatable bonds is 6. The molecule has 0 radical (unpaired) electrons. The highest BCUT2D eigenvalue weighted by molar-refractivity contribution is 7.09. The summed E-state index contributed by atoms with van der Waals surface area (Å²) in [6.07, 6.45) is 2.61. The van der Waals surface area contributed by atoms with E-state index in [2.05, 4.69) is 34.6 Å². The molecule has 2 N–H and O–H groups in total. The van der Waals surface area contributed by atoms with E-state index in [0.717, 1.165) is 28.4 Å². The van der Waals surface area contributed by atoms with Crippen molar-refractivity contribution in [1.82, 2.24) is 25.4 Å². The lowest BCUT2D eigenvalue weighted by Crippen LogP contribution is -2.39. The third-order valence-electron chi connectivity index (χ3n) is 4.07. The van der Waals surface area contributed by atoms with Crippen molar-refractivity contribution in [3.05, 3.63) is 33.5 Å². The Morgan fingerprint density at radius 1 is 1.43 bits per heavy atom. The molecule has 0 spiro atoms. The topological polar surface area (TPSA) is 71.8 Å². The van der Waals surface area contributed by atoms with Crippen molar-refractivity contribution in [2.45, 2.75) is 46.1 Å². The molecule has 2 aromatic heterocycles. The van der Waals surface area contributed by atoms with E-state index in [-0.39, 0.29) is 18.0 Å². The number of aromatic nitrogens is 3. The Balaban J connectivity index is 1.95. The number of hydrogen-bond acceptors (Lipinski definition) is 4. The van der Waals surface area contributed by atoms with Crippen molar-refractivity contribution in [2.75, 3.05) is 6.54 Å². The minimum absolute atomic E-state index is 0.0288. The standard InChI is InChI=1S/C16H25N5OS/c1-6-13(14-11(3)20-21(5)12(14)4)19-16(22)18-9-10(2)15-17-7-8-23-15/h7-8,10,13H,6,9H2,1-5H3,(H2,18,19,22)/t10-,13-/m0/s1. The number of carbonyl (C=O) groups excluding carboxylic acids is 1. The Kier molecular flexibility index (Phi) is 5.76. The molecular weight excluding hydrogens is 310 g/mol. The molecule has 2 atom stereocenters. The van der Waals surface area contributed by atoms with Crippen LogP contribution in [-0.2, 0) is 7.05 Å². The quantitative estimate of drug-likeness (QED) is 0.852. The molecule has 0 aliphatic carbocycles. The van der Waals surface area contributed by atoms with Gasteiger partial charge < -0.3 is 10.6 Å². The first kappa shape index (κ1) is 17.5. The maximum absolute atomic E-state index is 12.2. The number of hydrogen-bond donors (Lipinski definition) is 2. The van der Waals surface area contributed by atoms with Crippen LogP contribution in [0.25, 0.3) is 0 Å². The summed E-state index contributed by atoms with van der Waals surface area (Å²) in [5.41, 5.74) is 3.16. The average molecular weight is 335 g/mol. The summed E-state index contributed by atoms with van der Waals surface area (Å²) in [6.45, 7) is 8.71. The van der Waals surface area contributed by atoms with Crippen LogP contribution >= 0.6 is 11.3 Å². The summed E-state index contributed by atoms with van der Waals surface area (Å²) in [4.78, 5) is 16.5. The summed E-state index contributed by atoms with van der Waals surface area (Å²) in [5, 5.41) is 13.4. The lowest BCUT2D eigenvalue weighted by molar-refractivity contribution is 0.236. The molecule has 0 saturated heterocycles. The number of nitrogens with one attached hydrogen (secondary N) is 2. The highest BCUT2D eigenvalue weighted by Crippen LogP contribution is 2.23. The number of amides is 2. The largest absolute Gasteiger partial charge is 0.337 e. The van der Waals surface area contributed by atoms with Crippen molar-refractivity contribution in [1.29, 1.82) is 0 Å². The number of carbonyl (C=O) groups is 1. The van der Waals surface area contributed by atoms with Gasteiger partial charge in [0.15, 0.2) is 0 Å². The first-order chi connectivity index (χ1) is 10.9. The maximum atomic E-state index is 12.2. The highest BCUT2D eigenvalue weighted by atomic mass is 32.1. The van der Waals surface area contributed by atoms with E-state index in [1.54, 1.807) is 17.5 Å². The van der Waals surface area contributed by atoms with Crippen LogP contribution in [0.4, 0.5) is 4.79 Å². The summed E-state index contributed by atoms with van der Waals surface area (Å²) < 4.78 is 1.86. The molecule has 0 unspecified atom stereocenters. The minimum Gasteiger partial charge on any atom is -0.337 e. The highest BCUT2D eigenvalue weighted by Gasteiger charge is 2.20. The third kappa shape index (κ3) is 4.10. The Bertz CT molecular complexity index is 650. The molecule has 2 rings (SSSR count). The van der Waals surface area contributed by atoms with Gasteiger partial charge in [-0.1, -0.05) is 13.8 Å². The summed E-state index contributed by atoms with van der Waals surface area (Å²) in [7, 11) is 1.92. The SMILES string of the molecule is CC[C@H](NC(=O)NC[C@H](C)c1nccs1)c1c(C)nn(C)c1C. The van der Waals surface area contributed by atoms with E-state index in [0.29, 0.717) is 6.54 Å². The van der Waals surface area contributed by atoms with Crippen LogP contribution in [0, 0.1) is 13.8 Å². The Morgan fingerprint density at radius 3 is 2.70 bits per heavy atom. The fraction of sp³-hybridized carbons (Fsp3) is 0.562. The van der Waals surface area contributed by atoms with E-state index >= 15 is 0 Å². The number of urea groups is 1. The van der Waals surface area contributed by atoms with Crippen LogP contribution in [0.2, 0.25) is 0 Å². The Morgan fingerprint density at radius 2 is 2.17 bits per heavy atom. The molecule has 7 heteroatoms. The van der Waals surface area contributed by atoms with Gasteiger partial charge in [-0.2, -0.15) is 5.10 Å². The van der Waals surface area contributed by atoms with Gasteiger partial charge in [-0.3, -0.25) is 4.68 Å². The Hall–Kier alpha value is -1.89. The van der Waals surface area contributed by atoms with Gasteiger partial charge in [0, 0.05) is 42.3 Å². The predicted molar refractivity (Wildman–Crippen MR) is 92.8 cm³/mol. The molecule has 0 aromatic carbocycles. The first-order valence-electron chi connectivity index (χ1n) is 7.87. The van der Waals surface area contributed by atoms with Crippen molar-refractivity contribution < 1.29 is 4.79 Å². The number of aryl methyl sites for hydroxylation is 2. The molecule has 2 amide bonds. The smallest absolute Gasteiger partial charge is 0.315 e. The summed E-state index contributed by atoms with van der Waals surface area (Å²) in [5.74, 6) is 0.211. The zero-order valence-corrected chi connectivity index (χ0v) is 15.2.